The summed E-state index contributed by atoms with van der Waals surface area (Å²) < 4.78 is 10.9. The molecule has 0 aliphatic heterocycles. The maximum absolute atomic E-state index is 12.9. The standard InChI is InChI=1S/C21H25NO5/c1-9-4-17(27-3)12(8-16(9)26-2)11-7-13(11)19(23)22-18-10-5-14-15(6-10)21(14,18)20(24)25/h4,8,10-11,13-15,18H,5-7H2,1-3H3,(H,22,23)(H,24,25)/t10?,11-,13+,14?,15?,18?,21?/m0/s1. The van der Waals surface area contributed by atoms with Gasteiger partial charge in [-0.2, -0.15) is 0 Å². The highest BCUT2D eigenvalue weighted by atomic mass is 16.5. The summed E-state index contributed by atoms with van der Waals surface area (Å²) in [7, 11) is 3.27. The number of hydrogen-bond acceptors (Lipinski definition) is 4. The van der Waals surface area contributed by atoms with Gasteiger partial charge >= 0.3 is 5.97 Å². The molecule has 6 heteroatoms. The fourth-order valence-corrected chi connectivity index (χ4v) is 6.29. The molecule has 3 unspecified atom stereocenters. The Balaban J connectivity index is 1.33. The first-order chi connectivity index (χ1) is 12.9. The van der Waals surface area contributed by atoms with Gasteiger partial charge in [0, 0.05) is 23.4 Å². The highest BCUT2D eigenvalue weighted by Crippen LogP contribution is 2.79. The monoisotopic (exact) mass is 371 g/mol. The van der Waals surface area contributed by atoms with Crippen LogP contribution in [0.5, 0.6) is 11.5 Å². The molecule has 5 aliphatic carbocycles. The van der Waals surface area contributed by atoms with Crippen molar-refractivity contribution in [2.75, 3.05) is 14.2 Å². The first-order valence-corrected chi connectivity index (χ1v) is 9.69. The summed E-state index contributed by atoms with van der Waals surface area (Å²) in [4.78, 5) is 24.8. The van der Waals surface area contributed by atoms with Crippen molar-refractivity contribution >= 4 is 11.9 Å². The second-order valence-corrected chi connectivity index (χ2v) is 8.68. The Hall–Kier alpha value is -2.24. The molecule has 0 radical (unpaired) electrons. The first-order valence-electron chi connectivity index (χ1n) is 9.69. The minimum absolute atomic E-state index is 0.00887. The molecule has 144 valence electrons. The molecule has 1 amide bonds. The number of rotatable bonds is 6. The number of aryl methyl sites for hydroxylation is 1. The van der Waals surface area contributed by atoms with Gasteiger partial charge in [0.2, 0.25) is 5.91 Å². The molecule has 0 heterocycles. The van der Waals surface area contributed by atoms with E-state index in [1.54, 1.807) is 14.2 Å². The van der Waals surface area contributed by atoms with Crippen molar-refractivity contribution in [3.63, 3.8) is 0 Å². The first kappa shape index (κ1) is 16.9. The molecule has 2 N–H and O–H groups in total. The minimum Gasteiger partial charge on any atom is -0.496 e. The quantitative estimate of drug-likeness (QED) is 0.802. The minimum atomic E-state index is -0.722. The van der Waals surface area contributed by atoms with E-state index >= 15 is 0 Å². The van der Waals surface area contributed by atoms with Crippen molar-refractivity contribution in [3.05, 3.63) is 23.3 Å². The van der Waals surface area contributed by atoms with Crippen molar-refractivity contribution < 1.29 is 24.2 Å². The molecule has 5 fully saturated rings. The Morgan fingerprint density at radius 3 is 2.37 bits per heavy atom. The number of carboxylic acids is 1. The second-order valence-electron chi connectivity index (χ2n) is 8.68. The maximum Gasteiger partial charge on any atom is 0.312 e. The van der Waals surface area contributed by atoms with Gasteiger partial charge in [-0.1, -0.05) is 0 Å². The predicted molar refractivity (Wildman–Crippen MR) is 96.8 cm³/mol. The van der Waals surface area contributed by atoms with E-state index in [0.717, 1.165) is 41.9 Å². The molecule has 0 spiro atoms. The molecule has 1 aromatic carbocycles. The summed E-state index contributed by atoms with van der Waals surface area (Å²) in [5, 5.41) is 12.9. The van der Waals surface area contributed by atoms with Gasteiger partial charge in [0.1, 0.15) is 11.5 Å². The number of aliphatic carboxylic acids is 1. The van der Waals surface area contributed by atoms with E-state index in [0.29, 0.717) is 5.92 Å². The fraction of sp³-hybridized carbons (Fsp3) is 0.619. The Kier molecular flexibility index (Phi) is 3.38. The maximum atomic E-state index is 12.9. The Morgan fingerprint density at radius 1 is 1.11 bits per heavy atom. The van der Waals surface area contributed by atoms with Gasteiger partial charge < -0.3 is 19.9 Å². The Labute approximate surface area is 158 Å². The van der Waals surface area contributed by atoms with Gasteiger partial charge in [-0.3, -0.25) is 9.59 Å². The number of ether oxygens (including phenoxy) is 2. The molecule has 6 nitrogen and oxygen atoms in total. The van der Waals surface area contributed by atoms with Gasteiger partial charge in [0.25, 0.3) is 0 Å². The average molecular weight is 371 g/mol. The summed E-state index contributed by atoms with van der Waals surface area (Å²) in [6, 6.07) is 3.73. The zero-order valence-corrected chi connectivity index (χ0v) is 15.8. The summed E-state index contributed by atoms with van der Waals surface area (Å²) in [6.45, 7) is 1.96. The van der Waals surface area contributed by atoms with Gasteiger partial charge in [-0.05, 0) is 61.6 Å². The van der Waals surface area contributed by atoms with E-state index in [2.05, 4.69) is 5.32 Å². The molecule has 5 aliphatic rings. The van der Waals surface area contributed by atoms with E-state index in [-0.39, 0.29) is 35.6 Å². The smallest absolute Gasteiger partial charge is 0.312 e. The van der Waals surface area contributed by atoms with Crippen molar-refractivity contribution in [2.45, 2.75) is 38.1 Å². The van der Waals surface area contributed by atoms with E-state index < -0.39 is 11.4 Å². The van der Waals surface area contributed by atoms with E-state index in [1.807, 2.05) is 19.1 Å². The number of hydrogen-bond donors (Lipinski definition) is 2. The highest BCUT2D eigenvalue weighted by Gasteiger charge is 2.83. The van der Waals surface area contributed by atoms with Crippen LogP contribution in [0.25, 0.3) is 0 Å². The zero-order chi connectivity index (χ0) is 19.1. The molecule has 0 aromatic heterocycles. The van der Waals surface area contributed by atoms with E-state index in [4.69, 9.17) is 9.47 Å². The highest BCUT2D eigenvalue weighted by molar-refractivity contribution is 5.87. The summed E-state index contributed by atoms with van der Waals surface area (Å²) in [5.74, 6) is 1.72. The molecule has 1 aromatic rings. The van der Waals surface area contributed by atoms with Crippen molar-refractivity contribution in [3.8, 4) is 11.5 Å². The van der Waals surface area contributed by atoms with E-state index in [9.17, 15) is 14.7 Å². The Morgan fingerprint density at radius 2 is 1.78 bits per heavy atom. The zero-order valence-electron chi connectivity index (χ0n) is 15.8. The number of methoxy groups -OCH3 is 2. The van der Waals surface area contributed by atoms with Gasteiger partial charge in [-0.15, -0.1) is 0 Å². The third kappa shape index (κ3) is 2.07. The number of carbonyl (C=O) groups excluding carboxylic acids is 1. The van der Waals surface area contributed by atoms with Crippen molar-refractivity contribution in [2.24, 2.45) is 29.1 Å². The topological polar surface area (TPSA) is 84.9 Å². The molecule has 27 heavy (non-hydrogen) atoms. The number of nitrogens with one attached hydrogen (secondary N) is 1. The predicted octanol–water partition coefficient (Wildman–Crippen LogP) is 2.34. The molecular formula is C21H25NO5. The largest absolute Gasteiger partial charge is 0.496 e. The molecule has 5 saturated carbocycles. The van der Waals surface area contributed by atoms with Crippen LogP contribution in [0.2, 0.25) is 0 Å². The normalized spacial score (nSPS) is 39.8. The van der Waals surface area contributed by atoms with Crippen LogP contribution in [-0.2, 0) is 9.59 Å². The summed E-state index contributed by atoms with van der Waals surface area (Å²) >= 11 is 0. The number of carbonyl (C=O) groups is 2. The molecule has 6 rings (SSSR count). The van der Waals surface area contributed by atoms with Gasteiger partial charge in [0.15, 0.2) is 0 Å². The SMILES string of the molecule is COc1cc([C@@H]2C[C@H]2C(=O)NC2C3CC4C(C3)C42C(=O)O)c(OC)cc1C. The summed E-state index contributed by atoms with van der Waals surface area (Å²) in [6.07, 6.45) is 2.68. The van der Waals surface area contributed by atoms with Crippen molar-refractivity contribution in [1.29, 1.82) is 0 Å². The van der Waals surface area contributed by atoms with Crippen LogP contribution in [0, 0.1) is 36.0 Å². The van der Waals surface area contributed by atoms with Gasteiger partial charge in [0.05, 0.1) is 19.6 Å². The van der Waals surface area contributed by atoms with Crippen LogP contribution in [0.1, 0.15) is 36.3 Å². The van der Waals surface area contributed by atoms with Crippen LogP contribution in [-0.4, -0.2) is 37.2 Å². The number of amides is 1. The lowest BCUT2D eigenvalue weighted by atomic mass is 9.97. The lowest BCUT2D eigenvalue weighted by Crippen LogP contribution is -2.45. The fourth-order valence-electron chi connectivity index (χ4n) is 6.29. The number of benzene rings is 1. The molecule has 5 atom stereocenters. The van der Waals surface area contributed by atoms with Crippen molar-refractivity contribution in [1.82, 2.24) is 5.32 Å². The second kappa shape index (κ2) is 5.40. The van der Waals surface area contributed by atoms with Gasteiger partial charge in [-0.25, -0.2) is 0 Å². The van der Waals surface area contributed by atoms with Crippen LogP contribution in [0.4, 0.5) is 0 Å². The van der Waals surface area contributed by atoms with Crippen LogP contribution in [0.3, 0.4) is 0 Å². The van der Waals surface area contributed by atoms with Crippen LogP contribution >= 0.6 is 0 Å². The third-order valence-corrected chi connectivity index (χ3v) is 7.65. The third-order valence-electron chi connectivity index (χ3n) is 7.65. The Bertz CT molecular complexity index is 837. The lowest BCUT2D eigenvalue weighted by Gasteiger charge is -2.22. The summed E-state index contributed by atoms with van der Waals surface area (Å²) in [5.41, 5.74) is 1.32. The van der Waals surface area contributed by atoms with Crippen LogP contribution in [0.15, 0.2) is 12.1 Å². The lowest BCUT2D eigenvalue weighted by molar-refractivity contribution is -0.145. The average Bonchev–Trinajstić information content (AvgIpc) is 3.43. The van der Waals surface area contributed by atoms with E-state index in [1.165, 1.54) is 0 Å². The van der Waals surface area contributed by atoms with Crippen LogP contribution < -0.4 is 14.8 Å². The molecular weight excluding hydrogens is 346 g/mol. The molecule has 0 saturated heterocycles. The number of carboxylic acid groups (broad SMARTS) is 1. The molecule has 4 bridgehead atoms.